The summed E-state index contributed by atoms with van der Waals surface area (Å²) in [6.45, 7) is 3.31. The molecule has 0 amide bonds. The van der Waals surface area contributed by atoms with Gasteiger partial charge in [0.05, 0.1) is 11.3 Å². The highest BCUT2D eigenvalue weighted by molar-refractivity contribution is 5.89. The maximum Gasteiger partial charge on any atom is 0.335 e. The molecule has 0 spiro atoms. The minimum atomic E-state index is -1.07. The lowest BCUT2D eigenvalue weighted by molar-refractivity contribution is -0.132. The fourth-order valence-corrected chi connectivity index (χ4v) is 0.954. The molecule has 0 unspecified atom stereocenters. The highest BCUT2D eigenvalue weighted by Gasteiger charge is 2.26. The molecule has 1 N–H and O–H groups in total. The molecule has 0 atom stereocenters. The third kappa shape index (κ3) is 2.97. The number of carbonyl (C=O) groups is 1. The predicted octanol–water partition coefficient (Wildman–Crippen LogP) is 2.24. The van der Waals surface area contributed by atoms with Gasteiger partial charge in [-0.1, -0.05) is 12.7 Å². The summed E-state index contributed by atoms with van der Waals surface area (Å²) in [7, 11) is 0. The molecule has 0 aromatic carbocycles. The van der Waals surface area contributed by atoms with E-state index in [0.29, 0.717) is 5.70 Å². The summed E-state index contributed by atoms with van der Waals surface area (Å²) in [4.78, 5) is 20.6. The SMILES string of the molecule is C=C(/C=C\C=C(/N=O)C1CC1)C(=O)O. The van der Waals surface area contributed by atoms with E-state index in [1.54, 1.807) is 6.08 Å². The van der Waals surface area contributed by atoms with Crippen molar-refractivity contribution in [3.63, 3.8) is 0 Å². The lowest BCUT2D eigenvalue weighted by Crippen LogP contribution is -1.94. The quantitative estimate of drug-likeness (QED) is 0.413. The molecule has 0 bridgehead atoms. The second kappa shape index (κ2) is 4.50. The lowest BCUT2D eigenvalue weighted by atomic mass is 10.2. The van der Waals surface area contributed by atoms with E-state index < -0.39 is 5.97 Å². The Balaban J connectivity index is 2.55. The number of nitrogens with zero attached hydrogens (tertiary/aromatic N) is 1. The number of nitroso groups, excluding NO2 is 1. The van der Waals surface area contributed by atoms with Crippen molar-refractivity contribution in [3.8, 4) is 0 Å². The van der Waals surface area contributed by atoms with Gasteiger partial charge in [0.15, 0.2) is 0 Å². The Morgan fingerprint density at radius 1 is 1.50 bits per heavy atom. The first kappa shape index (κ1) is 10.4. The molecule has 0 aromatic rings. The van der Waals surface area contributed by atoms with Gasteiger partial charge in [-0.3, -0.25) is 0 Å². The Bertz CT molecular complexity index is 324. The zero-order valence-corrected chi connectivity index (χ0v) is 7.64. The van der Waals surface area contributed by atoms with E-state index in [1.165, 1.54) is 12.2 Å². The van der Waals surface area contributed by atoms with Crippen LogP contribution in [0.1, 0.15) is 12.8 Å². The van der Waals surface area contributed by atoms with Crippen LogP contribution in [0.3, 0.4) is 0 Å². The van der Waals surface area contributed by atoms with E-state index in [-0.39, 0.29) is 11.5 Å². The number of aliphatic carboxylic acids is 1. The van der Waals surface area contributed by atoms with Gasteiger partial charge in [-0.25, -0.2) is 4.79 Å². The van der Waals surface area contributed by atoms with E-state index in [9.17, 15) is 9.70 Å². The minimum absolute atomic E-state index is 0.0118. The monoisotopic (exact) mass is 193 g/mol. The fraction of sp³-hybridized carbons (Fsp3) is 0.300. The van der Waals surface area contributed by atoms with Crippen LogP contribution < -0.4 is 0 Å². The van der Waals surface area contributed by atoms with E-state index >= 15 is 0 Å². The molecule has 0 aromatic heterocycles. The standard InChI is InChI=1S/C10H11NO3/c1-7(10(12)13)3-2-4-9(11-14)8-5-6-8/h2-4,8H,1,5-6H2,(H,12,13)/b3-2-,9-4-. The van der Waals surface area contributed by atoms with Gasteiger partial charge in [0.25, 0.3) is 0 Å². The summed E-state index contributed by atoms with van der Waals surface area (Å²) >= 11 is 0. The van der Waals surface area contributed by atoms with Gasteiger partial charge in [-0.05, 0) is 30.2 Å². The largest absolute Gasteiger partial charge is 0.478 e. The van der Waals surface area contributed by atoms with E-state index in [4.69, 9.17) is 5.11 Å². The normalized spacial score (nSPS) is 17.0. The third-order valence-electron chi connectivity index (χ3n) is 1.94. The Kier molecular flexibility index (Phi) is 3.34. The number of hydrogen-bond donors (Lipinski definition) is 1. The van der Waals surface area contributed by atoms with Crippen molar-refractivity contribution in [2.75, 3.05) is 0 Å². The maximum atomic E-state index is 10.3. The van der Waals surface area contributed by atoms with Crippen molar-refractivity contribution < 1.29 is 9.90 Å². The molecule has 0 radical (unpaired) electrons. The zero-order chi connectivity index (χ0) is 10.6. The van der Waals surface area contributed by atoms with Crippen LogP contribution in [0, 0.1) is 10.8 Å². The number of hydrogen-bond acceptors (Lipinski definition) is 3. The van der Waals surface area contributed by atoms with Crippen molar-refractivity contribution in [2.24, 2.45) is 11.1 Å². The van der Waals surface area contributed by atoms with Gasteiger partial charge in [0, 0.05) is 5.92 Å². The summed E-state index contributed by atoms with van der Waals surface area (Å²) in [5.74, 6) is -0.795. The Morgan fingerprint density at radius 2 is 2.14 bits per heavy atom. The summed E-state index contributed by atoms with van der Waals surface area (Å²) in [5, 5.41) is 11.3. The molecule has 1 aliphatic rings. The number of allylic oxidation sites excluding steroid dienone is 3. The van der Waals surface area contributed by atoms with Crippen molar-refractivity contribution >= 4 is 5.97 Å². The molecule has 4 nitrogen and oxygen atoms in total. The van der Waals surface area contributed by atoms with Crippen molar-refractivity contribution in [2.45, 2.75) is 12.8 Å². The van der Waals surface area contributed by atoms with Gasteiger partial charge in [-0.2, -0.15) is 0 Å². The maximum absolute atomic E-state index is 10.3. The molecule has 1 rings (SSSR count). The van der Waals surface area contributed by atoms with Crippen LogP contribution in [0.15, 0.2) is 41.3 Å². The molecule has 74 valence electrons. The van der Waals surface area contributed by atoms with Crippen LogP contribution in [0.5, 0.6) is 0 Å². The van der Waals surface area contributed by atoms with Crippen LogP contribution in [-0.4, -0.2) is 11.1 Å². The van der Waals surface area contributed by atoms with Gasteiger partial charge in [0.2, 0.25) is 0 Å². The highest BCUT2D eigenvalue weighted by atomic mass is 16.4. The summed E-state index contributed by atoms with van der Waals surface area (Å²) in [5.41, 5.74) is 0.474. The zero-order valence-electron chi connectivity index (χ0n) is 7.64. The molecule has 0 heterocycles. The molecule has 0 saturated heterocycles. The van der Waals surface area contributed by atoms with E-state index in [0.717, 1.165) is 12.8 Å². The van der Waals surface area contributed by atoms with Gasteiger partial charge in [-0.15, -0.1) is 4.91 Å². The lowest BCUT2D eigenvalue weighted by Gasteiger charge is -1.90. The number of carboxylic acids is 1. The number of carboxylic acid groups (broad SMARTS) is 1. The highest BCUT2D eigenvalue weighted by Crippen LogP contribution is 2.36. The molecule has 1 aliphatic carbocycles. The first-order valence-electron chi connectivity index (χ1n) is 4.29. The first-order chi connectivity index (χ1) is 6.65. The van der Waals surface area contributed by atoms with Crippen molar-refractivity contribution in [1.82, 2.24) is 0 Å². The Labute approximate surface area is 81.6 Å². The Morgan fingerprint density at radius 3 is 2.57 bits per heavy atom. The van der Waals surface area contributed by atoms with Gasteiger partial charge >= 0.3 is 5.97 Å². The van der Waals surface area contributed by atoms with Crippen LogP contribution in [0.25, 0.3) is 0 Å². The van der Waals surface area contributed by atoms with Crippen molar-refractivity contribution in [3.05, 3.63) is 41.0 Å². The molecule has 14 heavy (non-hydrogen) atoms. The fourth-order valence-electron chi connectivity index (χ4n) is 0.954. The second-order valence-electron chi connectivity index (χ2n) is 3.15. The summed E-state index contributed by atoms with van der Waals surface area (Å²) < 4.78 is 0. The topological polar surface area (TPSA) is 66.7 Å². The van der Waals surface area contributed by atoms with Crippen molar-refractivity contribution in [1.29, 1.82) is 0 Å². The van der Waals surface area contributed by atoms with Crippen LogP contribution in [0.4, 0.5) is 0 Å². The summed E-state index contributed by atoms with van der Waals surface area (Å²) in [6, 6.07) is 0. The smallest absolute Gasteiger partial charge is 0.335 e. The average Bonchev–Trinajstić information content (AvgIpc) is 2.95. The van der Waals surface area contributed by atoms with Crippen LogP contribution in [-0.2, 0) is 4.79 Å². The molecule has 1 fully saturated rings. The van der Waals surface area contributed by atoms with E-state index in [1.807, 2.05) is 0 Å². The molecule has 1 saturated carbocycles. The van der Waals surface area contributed by atoms with Gasteiger partial charge < -0.3 is 5.11 Å². The second-order valence-corrected chi connectivity index (χ2v) is 3.15. The third-order valence-corrected chi connectivity index (χ3v) is 1.94. The molecular formula is C10H11NO3. The molecular weight excluding hydrogens is 182 g/mol. The summed E-state index contributed by atoms with van der Waals surface area (Å²) in [6.07, 6.45) is 6.36. The van der Waals surface area contributed by atoms with E-state index in [2.05, 4.69) is 11.8 Å². The Hall–Kier alpha value is -1.71. The average molecular weight is 193 g/mol. The minimum Gasteiger partial charge on any atom is -0.478 e. The molecule has 4 heteroatoms. The van der Waals surface area contributed by atoms with Gasteiger partial charge in [0.1, 0.15) is 0 Å². The predicted molar refractivity (Wildman–Crippen MR) is 52.5 cm³/mol. The van der Waals surface area contributed by atoms with Crippen LogP contribution in [0.2, 0.25) is 0 Å². The first-order valence-corrected chi connectivity index (χ1v) is 4.29. The molecule has 0 aliphatic heterocycles. The number of rotatable bonds is 5. The van der Waals surface area contributed by atoms with Crippen LogP contribution >= 0.6 is 0 Å².